The summed E-state index contributed by atoms with van der Waals surface area (Å²) in [6, 6.07) is 0. The Labute approximate surface area is 93.7 Å². The highest BCUT2D eigenvalue weighted by molar-refractivity contribution is 5.96. The topological polar surface area (TPSA) is 26.3 Å². The first-order valence-electron chi connectivity index (χ1n) is 5.81. The standard InChI is InChI=1S/C13H24O2/c1-6-11(4)9-10-15-13(5,8-3)12(14)7-2/h7,11H,2,6,8-10H2,1,3-5H3. The summed E-state index contributed by atoms with van der Waals surface area (Å²) in [5.74, 6) is 0.638. The molecule has 0 N–H and O–H groups in total. The van der Waals surface area contributed by atoms with Crippen LogP contribution in [0.15, 0.2) is 12.7 Å². The summed E-state index contributed by atoms with van der Waals surface area (Å²) < 4.78 is 5.68. The number of rotatable bonds is 8. The van der Waals surface area contributed by atoms with E-state index >= 15 is 0 Å². The molecule has 0 saturated carbocycles. The third kappa shape index (κ3) is 4.61. The van der Waals surface area contributed by atoms with E-state index in [-0.39, 0.29) is 5.78 Å². The van der Waals surface area contributed by atoms with Crippen molar-refractivity contribution < 1.29 is 9.53 Å². The molecular formula is C13H24O2. The number of hydrogen-bond acceptors (Lipinski definition) is 2. The van der Waals surface area contributed by atoms with Crippen LogP contribution >= 0.6 is 0 Å². The van der Waals surface area contributed by atoms with Crippen molar-refractivity contribution >= 4 is 5.78 Å². The molecule has 0 heterocycles. The van der Waals surface area contributed by atoms with Crippen LogP contribution in [0.5, 0.6) is 0 Å². The summed E-state index contributed by atoms with van der Waals surface area (Å²) in [5, 5.41) is 0. The van der Waals surface area contributed by atoms with Gasteiger partial charge in [-0.25, -0.2) is 0 Å². The van der Waals surface area contributed by atoms with Crippen LogP contribution in [0.4, 0.5) is 0 Å². The number of ether oxygens (including phenoxy) is 1. The van der Waals surface area contributed by atoms with Crippen molar-refractivity contribution in [3.05, 3.63) is 12.7 Å². The van der Waals surface area contributed by atoms with Gasteiger partial charge in [0.2, 0.25) is 0 Å². The predicted molar refractivity (Wildman–Crippen MR) is 63.9 cm³/mol. The number of carbonyl (C=O) groups excluding carboxylic acids is 1. The molecule has 0 aliphatic rings. The Kier molecular flexibility index (Phi) is 6.50. The van der Waals surface area contributed by atoms with E-state index in [4.69, 9.17) is 4.74 Å². The number of ketones is 1. The van der Waals surface area contributed by atoms with Crippen LogP contribution in [-0.4, -0.2) is 18.0 Å². The minimum Gasteiger partial charge on any atom is -0.367 e. The van der Waals surface area contributed by atoms with Gasteiger partial charge in [-0.05, 0) is 31.8 Å². The molecule has 0 radical (unpaired) electrons. The van der Waals surface area contributed by atoms with Crippen LogP contribution in [0.3, 0.4) is 0 Å². The van der Waals surface area contributed by atoms with E-state index in [2.05, 4.69) is 20.4 Å². The average Bonchev–Trinajstić information content (AvgIpc) is 2.27. The highest BCUT2D eigenvalue weighted by atomic mass is 16.5. The Morgan fingerprint density at radius 3 is 2.53 bits per heavy atom. The van der Waals surface area contributed by atoms with Crippen molar-refractivity contribution in [1.29, 1.82) is 0 Å². The minimum atomic E-state index is -0.671. The van der Waals surface area contributed by atoms with Crippen molar-refractivity contribution in [1.82, 2.24) is 0 Å². The lowest BCUT2D eigenvalue weighted by atomic mass is 9.97. The van der Waals surface area contributed by atoms with Crippen LogP contribution in [0, 0.1) is 5.92 Å². The maximum atomic E-state index is 11.6. The average molecular weight is 212 g/mol. The molecule has 2 atom stereocenters. The Bertz CT molecular complexity index is 211. The van der Waals surface area contributed by atoms with Crippen LogP contribution in [-0.2, 0) is 9.53 Å². The van der Waals surface area contributed by atoms with Gasteiger partial charge in [-0.15, -0.1) is 0 Å². The summed E-state index contributed by atoms with van der Waals surface area (Å²) in [4.78, 5) is 11.6. The van der Waals surface area contributed by atoms with Gasteiger partial charge in [0, 0.05) is 6.61 Å². The monoisotopic (exact) mass is 212 g/mol. The van der Waals surface area contributed by atoms with Gasteiger partial charge in [0.05, 0.1) is 0 Å². The first-order valence-corrected chi connectivity index (χ1v) is 5.81. The van der Waals surface area contributed by atoms with Gasteiger partial charge in [0.1, 0.15) is 5.60 Å². The molecule has 2 heteroatoms. The molecule has 0 amide bonds. The molecule has 0 spiro atoms. The molecule has 2 nitrogen and oxygen atoms in total. The largest absolute Gasteiger partial charge is 0.367 e. The molecular weight excluding hydrogens is 188 g/mol. The number of hydrogen-bond donors (Lipinski definition) is 0. The summed E-state index contributed by atoms with van der Waals surface area (Å²) in [7, 11) is 0. The second kappa shape index (κ2) is 6.78. The molecule has 0 bridgehead atoms. The molecule has 0 aliphatic heterocycles. The van der Waals surface area contributed by atoms with Crippen molar-refractivity contribution in [3.8, 4) is 0 Å². The van der Waals surface area contributed by atoms with Gasteiger partial charge in [-0.2, -0.15) is 0 Å². The maximum Gasteiger partial charge on any atom is 0.186 e. The fraction of sp³-hybridized carbons (Fsp3) is 0.769. The zero-order chi connectivity index (χ0) is 11.9. The van der Waals surface area contributed by atoms with Gasteiger partial charge in [-0.3, -0.25) is 4.79 Å². The smallest absolute Gasteiger partial charge is 0.186 e. The molecule has 2 unspecified atom stereocenters. The van der Waals surface area contributed by atoms with Gasteiger partial charge in [0.15, 0.2) is 5.78 Å². The Morgan fingerprint density at radius 2 is 2.13 bits per heavy atom. The normalized spacial score (nSPS) is 16.8. The highest BCUT2D eigenvalue weighted by Gasteiger charge is 2.29. The van der Waals surface area contributed by atoms with E-state index in [0.29, 0.717) is 18.9 Å². The lowest BCUT2D eigenvalue weighted by molar-refractivity contribution is -0.138. The van der Waals surface area contributed by atoms with Gasteiger partial charge >= 0.3 is 0 Å². The summed E-state index contributed by atoms with van der Waals surface area (Å²) in [5.41, 5.74) is -0.671. The summed E-state index contributed by atoms with van der Waals surface area (Å²) >= 11 is 0. The predicted octanol–water partition coefficient (Wildman–Crippen LogP) is 3.36. The first kappa shape index (κ1) is 14.4. The third-order valence-electron chi connectivity index (χ3n) is 3.11. The lowest BCUT2D eigenvalue weighted by Gasteiger charge is -2.26. The van der Waals surface area contributed by atoms with Crippen molar-refractivity contribution in [2.24, 2.45) is 5.92 Å². The van der Waals surface area contributed by atoms with E-state index in [0.717, 1.165) is 12.8 Å². The second-order valence-electron chi connectivity index (χ2n) is 4.30. The molecule has 0 saturated heterocycles. The second-order valence-corrected chi connectivity index (χ2v) is 4.30. The van der Waals surface area contributed by atoms with Gasteiger partial charge < -0.3 is 4.74 Å². The van der Waals surface area contributed by atoms with Crippen LogP contribution in [0.25, 0.3) is 0 Å². The molecule has 0 rings (SSSR count). The van der Waals surface area contributed by atoms with Crippen molar-refractivity contribution in [2.45, 2.75) is 52.6 Å². The fourth-order valence-corrected chi connectivity index (χ4v) is 1.25. The van der Waals surface area contributed by atoms with Gasteiger partial charge in [-0.1, -0.05) is 33.8 Å². The van der Waals surface area contributed by atoms with Crippen molar-refractivity contribution in [3.63, 3.8) is 0 Å². The fourth-order valence-electron chi connectivity index (χ4n) is 1.25. The van der Waals surface area contributed by atoms with Crippen LogP contribution in [0.1, 0.15) is 47.0 Å². The van der Waals surface area contributed by atoms with E-state index < -0.39 is 5.60 Å². The zero-order valence-electron chi connectivity index (χ0n) is 10.5. The maximum absolute atomic E-state index is 11.6. The van der Waals surface area contributed by atoms with E-state index in [1.165, 1.54) is 6.08 Å². The first-order chi connectivity index (χ1) is 7.00. The van der Waals surface area contributed by atoms with Crippen LogP contribution < -0.4 is 0 Å². The van der Waals surface area contributed by atoms with Crippen LogP contribution in [0.2, 0.25) is 0 Å². The lowest BCUT2D eigenvalue weighted by Crippen LogP contribution is -2.37. The zero-order valence-corrected chi connectivity index (χ0v) is 10.5. The van der Waals surface area contributed by atoms with Crippen molar-refractivity contribution in [2.75, 3.05) is 6.61 Å². The van der Waals surface area contributed by atoms with E-state index in [1.54, 1.807) is 0 Å². The molecule has 0 aromatic carbocycles. The highest BCUT2D eigenvalue weighted by Crippen LogP contribution is 2.18. The Balaban J connectivity index is 4.10. The molecule has 88 valence electrons. The molecule has 0 aromatic rings. The minimum absolute atomic E-state index is 0.0193. The summed E-state index contributed by atoms with van der Waals surface area (Å²) in [6.07, 6.45) is 4.21. The Hall–Kier alpha value is -0.630. The number of carbonyl (C=O) groups is 1. The molecule has 0 aliphatic carbocycles. The van der Waals surface area contributed by atoms with E-state index in [9.17, 15) is 4.79 Å². The Morgan fingerprint density at radius 1 is 1.53 bits per heavy atom. The summed E-state index contributed by atoms with van der Waals surface area (Å²) in [6.45, 7) is 12.3. The third-order valence-corrected chi connectivity index (χ3v) is 3.11. The molecule has 15 heavy (non-hydrogen) atoms. The quantitative estimate of drug-likeness (QED) is 0.577. The molecule has 0 aromatic heterocycles. The van der Waals surface area contributed by atoms with E-state index in [1.807, 2.05) is 13.8 Å². The SMILES string of the molecule is C=CC(=O)C(C)(CC)OCCC(C)CC. The van der Waals surface area contributed by atoms with Gasteiger partial charge in [0.25, 0.3) is 0 Å². The molecule has 0 fully saturated rings.